The van der Waals surface area contributed by atoms with E-state index >= 15 is 0 Å². The van der Waals surface area contributed by atoms with Gasteiger partial charge in [0.2, 0.25) is 0 Å². The van der Waals surface area contributed by atoms with Gasteiger partial charge in [0.1, 0.15) is 0 Å². The van der Waals surface area contributed by atoms with Gasteiger partial charge in [-0.3, -0.25) is 0 Å². The summed E-state index contributed by atoms with van der Waals surface area (Å²) in [6, 6.07) is 7.33. The minimum atomic E-state index is -1.04. The Bertz CT molecular complexity index is 844. The number of aromatic carboxylic acids is 1. The van der Waals surface area contributed by atoms with Gasteiger partial charge in [-0.2, -0.15) is 0 Å². The van der Waals surface area contributed by atoms with Crippen LogP contribution in [0.1, 0.15) is 27.0 Å². The summed E-state index contributed by atoms with van der Waals surface area (Å²) in [7, 11) is 0. The number of rotatable bonds is 1. The lowest BCUT2D eigenvalue weighted by Gasteiger charge is -2.32. The van der Waals surface area contributed by atoms with Crippen LogP contribution in [0, 0.1) is 0 Å². The van der Waals surface area contributed by atoms with E-state index in [1.54, 1.807) is 6.07 Å². The lowest BCUT2D eigenvalue weighted by molar-refractivity contribution is 0.0698. The molecule has 0 atom stereocenters. The van der Waals surface area contributed by atoms with Crippen LogP contribution in [-0.2, 0) is 6.43 Å². The molecule has 0 saturated heterocycles. The molecular weight excluding hydrogens is 919 g/mol. The number of carboxylic acids is 1. The van der Waals surface area contributed by atoms with Crippen molar-refractivity contribution in [1.82, 2.24) is 0 Å². The van der Waals surface area contributed by atoms with Gasteiger partial charge in [-0.15, -0.1) is 0 Å². The number of carbonyl (C=O) groups is 1. The lowest BCUT2D eigenvalue weighted by atomic mass is 9.91. The fraction of sp³-hybridized carbons (Fsp3) is 0.214. The van der Waals surface area contributed by atoms with E-state index in [2.05, 4.69) is 143 Å². The molecule has 0 aromatic heterocycles. The van der Waals surface area contributed by atoms with Gasteiger partial charge < -0.3 is 5.11 Å². The van der Waals surface area contributed by atoms with E-state index in [1.165, 1.54) is 0 Å². The Labute approximate surface area is 219 Å². The number of carboxylic acid groups (broad SMARTS) is 1. The Morgan fingerprint density at radius 3 is 1.44 bits per heavy atom. The molecule has 0 radical (unpaired) electrons. The number of fused-ring (bicyclic) bond motifs is 1. The van der Waals surface area contributed by atoms with Crippen molar-refractivity contribution >= 4 is 160 Å². The van der Waals surface area contributed by atoms with Gasteiger partial charge in [0.25, 0.3) is 0 Å². The molecule has 136 valence electrons. The summed E-state index contributed by atoms with van der Waals surface area (Å²) in [5, 5.41) is 11.3. The summed E-state index contributed by atoms with van der Waals surface area (Å²) in [5.74, 6) is -1.04. The quantitative estimate of drug-likeness (QED) is 0.290. The van der Waals surface area contributed by atoms with Crippen molar-refractivity contribution in [2.45, 2.75) is 6.43 Å². The fourth-order valence-electron chi connectivity index (χ4n) is 2.52. The maximum atomic E-state index is 12.2. The smallest absolute Gasteiger partial charge is 0.336 e. The zero-order valence-electron chi connectivity index (χ0n) is 11.6. The number of hydrogen-bond donors (Lipinski definition) is 1. The van der Waals surface area contributed by atoms with Crippen LogP contribution in [0.4, 0.5) is 0 Å². The molecule has 0 unspecified atom stereocenters. The Hall–Kier alpha value is 2.49. The zero-order valence-corrected chi connectivity index (χ0v) is 25.8. The van der Waals surface area contributed by atoms with Crippen molar-refractivity contribution in [3.8, 4) is 0 Å². The van der Waals surface area contributed by atoms with Crippen molar-refractivity contribution in [3.05, 3.63) is 46.5 Å². The third-order valence-electron chi connectivity index (χ3n) is 3.28. The predicted octanol–water partition coefficient (Wildman–Crippen LogP) is 9.42. The van der Waals surface area contributed by atoms with Crippen LogP contribution in [-0.4, -0.2) is 11.1 Å². The molecule has 0 fully saturated rings. The summed E-state index contributed by atoms with van der Waals surface area (Å²) in [6.45, 7) is 0. The number of hydrogen-bond acceptors (Lipinski definition) is 1. The highest BCUT2D eigenvalue weighted by Crippen LogP contribution is 2.61. The minimum absolute atomic E-state index is 0.166. The first-order valence-electron chi connectivity index (χ1n) is 6.21. The fourth-order valence-corrected chi connectivity index (χ4v) is 6.14. The molecule has 0 aliphatic carbocycles. The van der Waals surface area contributed by atoms with Crippen molar-refractivity contribution in [2.24, 2.45) is 0 Å². The zero-order chi connectivity index (χ0) is 19.4. The van der Waals surface area contributed by atoms with E-state index in [9.17, 15) is 9.90 Å². The molecule has 2 aromatic rings. The molecular formula is C14H5Br9O2. The molecule has 1 N–H and O–H groups in total. The SMILES string of the molecule is O=C(O)c1c(C(Br)(Br)Br)c(C(Br)(Br)Br)c(C(Br)(Br)Br)c2ccccc12. The van der Waals surface area contributed by atoms with E-state index in [0.717, 1.165) is 10.9 Å². The Morgan fingerprint density at radius 2 is 1.08 bits per heavy atom. The van der Waals surface area contributed by atoms with Gasteiger partial charge >= 0.3 is 5.97 Å². The average molecular weight is 924 g/mol. The molecule has 0 aliphatic rings. The predicted molar refractivity (Wildman–Crippen MR) is 136 cm³/mol. The van der Waals surface area contributed by atoms with Crippen LogP contribution < -0.4 is 0 Å². The van der Waals surface area contributed by atoms with Crippen LogP contribution >= 0.6 is 143 Å². The second kappa shape index (κ2) is 8.32. The molecule has 0 bridgehead atoms. The van der Waals surface area contributed by atoms with Crippen molar-refractivity contribution in [1.29, 1.82) is 0 Å². The van der Waals surface area contributed by atoms with Crippen LogP contribution in [0.2, 0.25) is 0 Å². The number of halogens is 9. The third-order valence-corrected chi connectivity index (χ3v) is 6.85. The van der Waals surface area contributed by atoms with E-state index in [-0.39, 0.29) is 5.56 Å². The normalized spacial score (nSPS) is 13.3. The van der Waals surface area contributed by atoms with Crippen LogP contribution in [0.3, 0.4) is 0 Å². The second-order valence-electron chi connectivity index (χ2n) is 4.84. The van der Waals surface area contributed by atoms with Gasteiger partial charge in [-0.25, -0.2) is 4.79 Å². The van der Waals surface area contributed by atoms with Crippen LogP contribution in [0.25, 0.3) is 10.8 Å². The molecule has 2 aromatic carbocycles. The van der Waals surface area contributed by atoms with Gasteiger partial charge in [-0.1, -0.05) is 168 Å². The molecule has 0 saturated carbocycles. The minimum Gasteiger partial charge on any atom is -0.478 e. The first-order chi connectivity index (χ1) is 11.2. The molecule has 0 aliphatic heterocycles. The standard InChI is InChI=1S/C14H5Br9O2/c15-12(16,17)8-6-4-2-1-3-5(6)7(11(24)25)9(13(18,19)20)10(8)14(21,22)23/h1-4H,(H,24,25). The first-order valence-corrected chi connectivity index (χ1v) is 13.3. The highest BCUT2D eigenvalue weighted by Gasteiger charge is 2.43. The molecule has 2 rings (SSSR count). The van der Waals surface area contributed by atoms with Crippen molar-refractivity contribution in [2.75, 3.05) is 0 Å². The van der Waals surface area contributed by atoms with Gasteiger partial charge in [0, 0.05) is 16.7 Å². The number of benzene rings is 2. The Morgan fingerprint density at radius 1 is 0.680 bits per heavy atom. The van der Waals surface area contributed by atoms with Gasteiger partial charge in [0.05, 0.1) is 5.56 Å². The molecule has 11 heteroatoms. The molecule has 25 heavy (non-hydrogen) atoms. The summed E-state index contributed by atoms with van der Waals surface area (Å²) < 4.78 is -2.67. The second-order valence-corrected chi connectivity index (χ2v) is 25.1. The highest BCUT2D eigenvalue weighted by atomic mass is 80.0. The summed E-state index contributed by atoms with van der Waals surface area (Å²) in [4.78, 5) is 12.2. The molecule has 0 heterocycles. The largest absolute Gasteiger partial charge is 0.478 e. The van der Waals surface area contributed by atoms with Crippen molar-refractivity contribution in [3.63, 3.8) is 0 Å². The maximum Gasteiger partial charge on any atom is 0.336 e. The summed E-state index contributed by atoms with van der Waals surface area (Å²) >= 11 is 31.9. The first kappa shape index (κ1) is 23.8. The highest BCUT2D eigenvalue weighted by molar-refractivity contribution is 9.39. The Kier molecular flexibility index (Phi) is 7.91. The van der Waals surface area contributed by atoms with Gasteiger partial charge in [-0.05, 0) is 10.8 Å². The van der Waals surface area contributed by atoms with Crippen LogP contribution in [0.15, 0.2) is 24.3 Å². The molecule has 2 nitrogen and oxygen atoms in total. The Balaban J connectivity index is 3.31. The van der Waals surface area contributed by atoms with E-state index < -0.39 is 12.4 Å². The summed E-state index contributed by atoms with van der Waals surface area (Å²) in [6.07, 6.45) is 0. The third kappa shape index (κ3) is 5.16. The summed E-state index contributed by atoms with van der Waals surface area (Å²) in [5.41, 5.74) is 2.10. The average Bonchev–Trinajstić information content (AvgIpc) is 2.41. The topological polar surface area (TPSA) is 37.3 Å². The van der Waals surface area contributed by atoms with E-state index in [4.69, 9.17) is 0 Å². The molecule has 0 spiro atoms. The number of alkyl halides is 9. The van der Waals surface area contributed by atoms with E-state index in [1.807, 2.05) is 18.2 Å². The maximum absolute atomic E-state index is 12.2. The lowest BCUT2D eigenvalue weighted by Crippen LogP contribution is -2.22. The molecule has 0 amide bonds. The van der Waals surface area contributed by atoms with E-state index in [0.29, 0.717) is 16.5 Å². The van der Waals surface area contributed by atoms with Gasteiger partial charge in [0.15, 0.2) is 6.43 Å². The van der Waals surface area contributed by atoms with Crippen molar-refractivity contribution < 1.29 is 9.90 Å². The van der Waals surface area contributed by atoms with Crippen LogP contribution in [0.5, 0.6) is 0 Å². The monoisotopic (exact) mass is 915 g/mol.